The first-order chi connectivity index (χ1) is 37.0. The highest BCUT2D eigenvalue weighted by molar-refractivity contribution is 5.71. The second-order valence-electron chi connectivity index (χ2n) is 19.9. The van der Waals surface area contributed by atoms with Crippen LogP contribution in [0, 0.1) is 0 Å². The highest BCUT2D eigenvalue weighted by Crippen LogP contribution is 2.14. The average molecular weight is 1040 g/mol. The fourth-order valence-electron chi connectivity index (χ4n) is 8.01. The van der Waals surface area contributed by atoms with Crippen LogP contribution in [0.3, 0.4) is 0 Å². The molecule has 75 heavy (non-hydrogen) atoms. The fourth-order valence-corrected chi connectivity index (χ4v) is 8.01. The van der Waals surface area contributed by atoms with Gasteiger partial charge in [0, 0.05) is 19.3 Å². The summed E-state index contributed by atoms with van der Waals surface area (Å²) in [4.78, 5) is 38.3. The molecule has 0 aliphatic heterocycles. The Balaban J connectivity index is 4.54. The van der Waals surface area contributed by atoms with Crippen LogP contribution in [0.4, 0.5) is 0 Å². The molecule has 0 rings (SSSR count). The van der Waals surface area contributed by atoms with Gasteiger partial charge in [-0.3, -0.25) is 14.4 Å². The van der Waals surface area contributed by atoms with E-state index in [9.17, 15) is 14.4 Å². The first-order valence-electron chi connectivity index (χ1n) is 30.7. The van der Waals surface area contributed by atoms with Crippen molar-refractivity contribution in [1.29, 1.82) is 0 Å². The van der Waals surface area contributed by atoms with Gasteiger partial charge in [-0.1, -0.05) is 238 Å². The summed E-state index contributed by atoms with van der Waals surface area (Å²) >= 11 is 0. The van der Waals surface area contributed by atoms with Crippen LogP contribution in [0.2, 0.25) is 0 Å². The number of hydrogen-bond acceptors (Lipinski definition) is 6. The van der Waals surface area contributed by atoms with Crippen LogP contribution in [-0.4, -0.2) is 37.2 Å². The topological polar surface area (TPSA) is 78.9 Å². The molecule has 1 atom stereocenters. The van der Waals surface area contributed by atoms with Crippen LogP contribution in [0.1, 0.15) is 265 Å². The lowest BCUT2D eigenvalue weighted by molar-refractivity contribution is -0.167. The molecule has 0 aliphatic rings. The van der Waals surface area contributed by atoms with Crippen molar-refractivity contribution in [2.45, 2.75) is 271 Å². The van der Waals surface area contributed by atoms with Crippen molar-refractivity contribution >= 4 is 17.9 Å². The summed E-state index contributed by atoms with van der Waals surface area (Å²) < 4.78 is 16.9. The molecule has 0 fully saturated rings. The van der Waals surface area contributed by atoms with Crippen molar-refractivity contribution in [2.75, 3.05) is 13.2 Å². The molecule has 0 unspecified atom stereocenters. The molecule has 0 heterocycles. The van der Waals surface area contributed by atoms with E-state index < -0.39 is 6.10 Å². The number of unbranched alkanes of at least 4 members (excludes halogenated alkanes) is 21. The largest absolute Gasteiger partial charge is 0.462 e. The normalized spacial score (nSPS) is 13.1. The van der Waals surface area contributed by atoms with E-state index in [-0.39, 0.29) is 37.5 Å². The summed E-state index contributed by atoms with van der Waals surface area (Å²) in [6.07, 6.45) is 87.2. The van der Waals surface area contributed by atoms with Crippen LogP contribution in [0.15, 0.2) is 134 Å². The van der Waals surface area contributed by atoms with Gasteiger partial charge in [-0.05, 0) is 141 Å². The second kappa shape index (κ2) is 62.1. The van der Waals surface area contributed by atoms with E-state index in [2.05, 4.69) is 154 Å². The molecule has 0 saturated carbocycles. The van der Waals surface area contributed by atoms with E-state index in [1.54, 1.807) is 0 Å². The Morgan fingerprint density at radius 2 is 0.520 bits per heavy atom. The molecule has 0 radical (unpaired) electrons. The zero-order valence-electron chi connectivity index (χ0n) is 48.5. The minimum Gasteiger partial charge on any atom is -0.462 e. The van der Waals surface area contributed by atoms with Gasteiger partial charge in [0.05, 0.1) is 0 Å². The lowest BCUT2D eigenvalue weighted by Gasteiger charge is -2.18. The zero-order chi connectivity index (χ0) is 54.3. The Labute approximate surface area is 462 Å². The maximum absolute atomic E-state index is 12.9. The van der Waals surface area contributed by atoms with Crippen molar-refractivity contribution in [3.05, 3.63) is 134 Å². The predicted octanol–water partition coefficient (Wildman–Crippen LogP) is 21.0. The number of ether oxygens (including phenoxy) is 3. The summed E-state index contributed by atoms with van der Waals surface area (Å²) in [6.45, 7) is 6.42. The van der Waals surface area contributed by atoms with Gasteiger partial charge in [0.25, 0.3) is 0 Å². The number of hydrogen-bond donors (Lipinski definition) is 0. The SMILES string of the molecule is CC/C=C\C/C=C\C/C=C\C/C=C\C/C=C\CCCCCC(=O)OC[C@H](COC(=O)CCCCCCCCCCC/C=C\C/C=C\CCCCC)OC(=O)CCCCC/C=C\C/C=C\C/C=C\C/C=C\CCCCC. The monoisotopic (exact) mass is 1040 g/mol. The highest BCUT2D eigenvalue weighted by Gasteiger charge is 2.19. The van der Waals surface area contributed by atoms with E-state index in [0.717, 1.165) is 122 Å². The Morgan fingerprint density at radius 1 is 0.280 bits per heavy atom. The number of allylic oxidation sites excluding steroid dienone is 22. The van der Waals surface area contributed by atoms with E-state index in [4.69, 9.17) is 14.2 Å². The minimum atomic E-state index is -0.817. The molecular weight excluding hydrogens is 925 g/mol. The lowest BCUT2D eigenvalue weighted by Crippen LogP contribution is -2.30. The van der Waals surface area contributed by atoms with Gasteiger partial charge in [0.1, 0.15) is 13.2 Å². The number of carbonyl (C=O) groups is 3. The molecule has 0 saturated heterocycles. The quantitative estimate of drug-likeness (QED) is 0.0261. The number of carbonyl (C=O) groups excluding carboxylic acids is 3. The lowest BCUT2D eigenvalue weighted by atomic mass is 10.1. The Morgan fingerprint density at radius 3 is 0.827 bits per heavy atom. The predicted molar refractivity (Wildman–Crippen MR) is 325 cm³/mol. The molecule has 0 aromatic rings. The van der Waals surface area contributed by atoms with Crippen LogP contribution < -0.4 is 0 Å². The van der Waals surface area contributed by atoms with E-state index >= 15 is 0 Å². The summed E-state index contributed by atoms with van der Waals surface area (Å²) in [6, 6.07) is 0. The summed E-state index contributed by atoms with van der Waals surface area (Å²) in [7, 11) is 0. The van der Waals surface area contributed by atoms with Gasteiger partial charge < -0.3 is 14.2 Å². The first kappa shape index (κ1) is 70.5. The van der Waals surface area contributed by atoms with Gasteiger partial charge >= 0.3 is 17.9 Å². The maximum Gasteiger partial charge on any atom is 0.306 e. The highest BCUT2D eigenvalue weighted by atomic mass is 16.6. The molecule has 6 heteroatoms. The molecule has 0 N–H and O–H groups in total. The van der Waals surface area contributed by atoms with E-state index in [1.807, 2.05) is 0 Å². The Hall–Kier alpha value is -4.45. The van der Waals surface area contributed by atoms with Gasteiger partial charge in [-0.2, -0.15) is 0 Å². The Kier molecular flexibility index (Phi) is 58.4. The molecule has 0 aliphatic carbocycles. The molecule has 0 aromatic carbocycles. The van der Waals surface area contributed by atoms with Gasteiger partial charge in [-0.15, -0.1) is 0 Å². The number of esters is 3. The molecule has 0 amide bonds. The molecule has 424 valence electrons. The van der Waals surface area contributed by atoms with Crippen LogP contribution in [-0.2, 0) is 28.6 Å². The van der Waals surface area contributed by atoms with Crippen LogP contribution in [0.5, 0.6) is 0 Å². The molecule has 0 aromatic heterocycles. The van der Waals surface area contributed by atoms with Gasteiger partial charge in [0.2, 0.25) is 0 Å². The minimum absolute atomic E-state index is 0.108. The van der Waals surface area contributed by atoms with Gasteiger partial charge in [0.15, 0.2) is 6.10 Å². The van der Waals surface area contributed by atoms with Crippen molar-refractivity contribution in [3.63, 3.8) is 0 Å². The van der Waals surface area contributed by atoms with Gasteiger partial charge in [-0.25, -0.2) is 0 Å². The van der Waals surface area contributed by atoms with E-state index in [0.29, 0.717) is 19.3 Å². The first-order valence-corrected chi connectivity index (χ1v) is 30.7. The smallest absolute Gasteiger partial charge is 0.306 e. The molecular formula is C69H112O6. The van der Waals surface area contributed by atoms with Crippen molar-refractivity contribution in [1.82, 2.24) is 0 Å². The summed E-state index contributed by atoms with van der Waals surface area (Å²) in [5.41, 5.74) is 0. The molecule has 6 nitrogen and oxygen atoms in total. The van der Waals surface area contributed by atoms with Crippen molar-refractivity contribution in [2.24, 2.45) is 0 Å². The third-order valence-corrected chi connectivity index (χ3v) is 12.6. The standard InChI is InChI=1S/C69H112O6/c1-4-7-10-13-16-19-22-25-28-31-34-37-40-43-46-49-52-55-58-61-67(70)73-64-66(75-69(72)63-60-57-54-51-48-45-42-39-36-33-30-27-24-21-18-15-12-9-6-3)65-74-68(71)62-59-56-53-50-47-44-41-38-35-32-29-26-23-20-17-14-11-8-5-2/h7,10,16-21,25-30,34,36-37,39,43,45-46,48,66H,4-6,8-9,11-15,22-24,31-33,35,38,40-42,44,47,49-65H2,1-3H3/b10-7-,19-16-,20-17-,21-18-,28-25-,29-26-,30-27-,37-34-,39-36-,46-43-,48-45-/t66-/m1/s1. The summed E-state index contributed by atoms with van der Waals surface area (Å²) in [5.74, 6) is -0.977. The number of rotatable bonds is 54. The fraction of sp³-hybridized carbons (Fsp3) is 0.638. The summed E-state index contributed by atoms with van der Waals surface area (Å²) in [5, 5.41) is 0. The van der Waals surface area contributed by atoms with Crippen molar-refractivity contribution in [3.8, 4) is 0 Å². The van der Waals surface area contributed by atoms with Crippen molar-refractivity contribution < 1.29 is 28.6 Å². The maximum atomic E-state index is 12.9. The van der Waals surface area contributed by atoms with Crippen LogP contribution in [0.25, 0.3) is 0 Å². The second-order valence-corrected chi connectivity index (χ2v) is 19.9. The third kappa shape index (κ3) is 60.3. The average Bonchev–Trinajstić information content (AvgIpc) is 3.41. The molecule has 0 bridgehead atoms. The van der Waals surface area contributed by atoms with Crippen LogP contribution >= 0.6 is 0 Å². The molecule has 0 spiro atoms. The van der Waals surface area contributed by atoms with E-state index in [1.165, 1.54) is 96.3 Å². The Bertz CT molecular complexity index is 1620. The zero-order valence-corrected chi connectivity index (χ0v) is 48.5. The third-order valence-electron chi connectivity index (χ3n) is 12.6.